The Morgan fingerprint density at radius 3 is 2.38 bits per heavy atom. The second kappa shape index (κ2) is 7.32. The van der Waals surface area contributed by atoms with Crippen molar-refractivity contribution in [3.8, 4) is 5.75 Å². The first kappa shape index (κ1) is 18.4. The van der Waals surface area contributed by atoms with Crippen molar-refractivity contribution in [3.05, 3.63) is 58.9 Å². The van der Waals surface area contributed by atoms with Crippen molar-refractivity contribution >= 4 is 10.0 Å². The van der Waals surface area contributed by atoms with Crippen LogP contribution in [-0.4, -0.2) is 21.1 Å². The van der Waals surface area contributed by atoms with Gasteiger partial charge in [0.1, 0.15) is 18.2 Å². The van der Waals surface area contributed by atoms with E-state index in [1.807, 2.05) is 32.0 Å². The van der Waals surface area contributed by atoms with Gasteiger partial charge in [0, 0.05) is 0 Å². The number of benzene rings is 2. The van der Waals surface area contributed by atoms with Crippen LogP contribution in [0.25, 0.3) is 0 Å². The smallest absolute Gasteiger partial charge is 0.241 e. The van der Waals surface area contributed by atoms with Gasteiger partial charge in [-0.25, -0.2) is 17.5 Å². The lowest BCUT2D eigenvalue weighted by Gasteiger charge is -2.17. The molecule has 130 valence electrons. The van der Waals surface area contributed by atoms with Crippen molar-refractivity contribution in [1.82, 2.24) is 4.72 Å². The Kier molecular flexibility index (Phi) is 5.62. The fourth-order valence-corrected chi connectivity index (χ4v) is 3.76. The van der Waals surface area contributed by atoms with Gasteiger partial charge < -0.3 is 4.74 Å². The molecule has 0 spiro atoms. The molecular formula is C18H22FNO3S. The number of nitrogens with one attached hydrogen (secondary N) is 1. The molecular weight excluding hydrogens is 329 g/mol. The first-order chi connectivity index (χ1) is 11.2. The van der Waals surface area contributed by atoms with E-state index < -0.39 is 21.9 Å². The van der Waals surface area contributed by atoms with E-state index in [0.29, 0.717) is 11.3 Å². The molecule has 2 rings (SSSR count). The topological polar surface area (TPSA) is 55.4 Å². The van der Waals surface area contributed by atoms with E-state index in [4.69, 9.17) is 4.74 Å². The van der Waals surface area contributed by atoms with Crippen LogP contribution in [0.15, 0.2) is 41.3 Å². The van der Waals surface area contributed by atoms with Gasteiger partial charge in [-0.2, -0.15) is 0 Å². The molecule has 1 N–H and O–H groups in total. The van der Waals surface area contributed by atoms with Gasteiger partial charge in [0.05, 0.1) is 10.9 Å². The molecule has 2 aromatic rings. The van der Waals surface area contributed by atoms with E-state index in [2.05, 4.69) is 4.72 Å². The first-order valence-corrected chi connectivity index (χ1v) is 9.16. The molecule has 0 fully saturated rings. The van der Waals surface area contributed by atoms with E-state index in [0.717, 1.165) is 11.6 Å². The summed E-state index contributed by atoms with van der Waals surface area (Å²) < 4.78 is 46.1. The second-order valence-electron chi connectivity index (χ2n) is 5.99. The van der Waals surface area contributed by atoms with Crippen molar-refractivity contribution in [3.63, 3.8) is 0 Å². The molecule has 0 bridgehead atoms. The Bertz CT molecular complexity index is 834. The summed E-state index contributed by atoms with van der Waals surface area (Å²) >= 11 is 0. The number of halogens is 1. The molecule has 0 aromatic heterocycles. The van der Waals surface area contributed by atoms with E-state index in [9.17, 15) is 12.8 Å². The predicted octanol–water partition coefficient (Wildman–Crippen LogP) is 3.50. The number of ether oxygens (including phenoxy) is 1. The third-order valence-corrected chi connectivity index (χ3v) is 5.51. The van der Waals surface area contributed by atoms with E-state index in [1.54, 1.807) is 13.8 Å². The highest BCUT2D eigenvalue weighted by atomic mass is 32.2. The minimum Gasteiger partial charge on any atom is -0.492 e. The van der Waals surface area contributed by atoms with Crippen LogP contribution in [0.2, 0.25) is 0 Å². The summed E-state index contributed by atoms with van der Waals surface area (Å²) in [5.74, 6) is 0.236. The third-order valence-electron chi connectivity index (χ3n) is 3.76. The van der Waals surface area contributed by atoms with Gasteiger partial charge in [-0.05, 0) is 74.7 Å². The standard InChI is InChI=1S/C18H22FNO3S/c1-12-5-7-17(10-13(12)2)23-11-15(4)20-24(21,22)18-8-6-16(19)9-14(18)3/h5-10,15,20H,11H2,1-4H3/t15-/m0/s1. The summed E-state index contributed by atoms with van der Waals surface area (Å²) in [5, 5.41) is 0. The summed E-state index contributed by atoms with van der Waals surface area (Å²) in [5.41, 5.74) is 2.65. The Morgan fingerprint density at radius 2 is 1.75 bits per heavy atom. The number of aryl methyl sites for hydroxylation is 3. The monoisotopic (exact) mass is 351 g/mol. The molecule has 0 amide bonds. The molecule has 24 heavy (non-hydrogen) atoms. The van der Waals surface area contributed by atoms with Crippen molar-refractivity contribution in [1.29, 1.82) is 0 Å². The molecule has 4 nitrogen and oxygen atoms in total. The normalized spacial score (nSPS) is 12.9. The molecule has 0 saturated carbocycles. The number of hydrogen-bond donors (Lipinski definition) is 1. The van der Waals surface area contributed by atoms with Crippen LogP contribution in [0.1, 0.15) is 23.6 Å². The maximum Gasteiger partial charge on any atom is 0.241 e. The lowest BCUT2D eigenvalue weighted by atomic mass is 10.1. The van der Waals surface area contributed by atoms with Crippen LogP contribution in [-0.2, 0) is 10.0 Å². The van der Waals surface area contributed by atoms with Crippen LogP contribution >= 0.6 is 0 Å². The summed E-state index contributed by atoms with van der Waals surface area (Å²) in [6.45, 7) is 7.49. The number of rotatable bonds is 6. The molecule has 0 aliphatic carbocycles. The van der Waals surface area contributed by atoms with Gasteiger partial charge in [-0.15, -0.1) is 0 Å². The minimum atomic E-state index is -3.72. The molecule has 0 unspecified atom stereocenters. The molecule has 0 aliphatic heterocycles. The van der Waals surface area contributed by atoms with Gasteiger partial charge in [0.15, 0.2) is 0 Å². The highest BCUT2D eigenvalue weighted by molar-refractivity contribution is 7.89. The van der Waals surface area contributed by atoms with Gasteiger partial charge >= 0.3 is 0 Å². The molecule has 1 atom stereocenters. The fourth-order valence-electron chi connectivity index (χ4n) is 2.30. The van der Waals surface area contributed by atoms with Crippen LogP contribution in [0, 0.1) is 26.6 Å². The quantitative estimate of drug-likeness (QED) is 0.867. The zero-order valence-corrected chi connectivity index (χ0v) is 15.1. The molecule has 0 heterocycles. The molecule has 0 radical (unpaired) electrons. The zero-order chi connectivity index (χ0) is 17.9. The summed E-state index contributed by atoms with van der Waals surface area (Å²) in [4.78, 5) is 0.0712. The van der Waals surface area contributed by atoms with Crippen molar-refractivity contribution in [2.45, 2.75) is 38.6 Å². The number of sulfonamides is 1. The lowest BCUT2D eigenvalue weighted by Crippen LogP contribution is -2.37. The SMILES string of the molecule is Cc1ccc(OC[C@H](C)NS(=O)(=O)c2ccc(F)cc2C)cc1C. The molecule has 0 saturated heterocycles. The molecule has 0 aliphatic rings. The highest BCUT2D eigenvalue weighted by Crippen LogP contribution is 2.18. The van der Waals surface area contributed by atoms with Gasteiger partial charge in [-0.1, -0.05) is 6.07 Å². The molecule has 6 heteroatoms. The Morgan fingerprint density at radius 1 is 1.04 bits per heavy atom. The van der Waals surface area contributed by atoms with E-state index in [-0.39, 0.29) is 11.5 Å². The summed E-state index contributed by atoms with van der Waals surface area (Å²) in [6.07, 6.45) is 0. The largest absolute Gasteiger partial charge is 0.492 e. The lowest BCUT2D eigenvalue weighted by molar-refractivity contribution is 0.287. The average Bonchev–Trinajstić information content (AvgIpc) is 2.47. The summed E-state index contributed by atoms with van der Waals surface area (Å²) in [6, 6.07) is 8.91. The predicted molar refractivity (Wildman–Crippen MR) is 92.3 cm³/mol. The zero-order valence-electron chi connectivity index (χ0n) is 14.3. The third kappa shape index (κ3) is 4.55. The van der Waals surface area contributed by atoms with Crippen molar-refractivity contribution in [2.75, 3.05) is 6.61 Å². The van der Waals surface area contributed by atoms with Crippen LogP contribution < -0.4 is 9.46 Å². The maximum absolute atomic E-state index is 13.1. The second-order valence-corrected chi connectivity index (χ2v) is 7.67. The average molecular weight is 351 g/mol. The van der Waals surface area contributed by atoms with Crippen molar-refractivity contribution in [2.24, 2.45) is 0 Å². The van der Waals surface area contributed by atoms with Gasteiger partial charge in [0.25, 0.3) is 0 Å². The van der Waals surface area contributed by atoms with Gasteiger partial charge in [-0.3, -0.25) is 0 Å². The highest BCUT2D eigenvalue weighted by Gasteiger charge is 2.20. The van der Waals surface area contributed by atoms with E-state index in [1.165, 1.54) is 17.7 Å². The van der Waals surface area contributed by atoms with Crippen LogP contribution in [0.4, 0.5) is 4.39 Å². The van der Waals surface area contributed by atoms with Crippen molar-refractivity contribution < 1.29 is 17.5 Å². The maximum atomic E-state index is 13.1. The number of hydrogen-bond acceptors (Lipinski definition) is 3. The molecule has 2 aromatic carbocycles. The van der Waals surface area contributed by atoms with Crippen LogP contribution in [0.5, 0.6) is 5.75 Å². The Labute approximate surface area is 142 Å². The Balaban J connectivity index is 2.02. The van der Waals surface area contributed by atoms with E-state index >= 15 is 0 Å². The summed E-state index contributed by atoms with van der Waals surface area (Å²) in [7, 11) is -3.72. The first-order valence-electron chi connectivity index (χ1n) is 7.67. The Hall–Kier alpha value is -1.92. The fraction of sp³-hybridized carbons (Fsp3) is 0.333. The minimum absolute atomic E-state index is 0.0712. The van der Waals surface area contributed by atoms with Gasteiger partial charge in [0.2, 0.25) is 10.0 Å². The van der Waals surface area contributed by atoms with Crippen LogP contribution in [0.3, 0.4) is 0 Å².